The number of likely N-dealkylation sites (N-methyl/N-ethyl adjacent to an activating group) is 1. The molecule has 1 aromatic rings. The van der Waals surface area contributed by atoms with Crippen molar-refractivity contribution in [2.45, 2.75) is 25.3 Å². The van der Waals surface area contributed by atoms with Gasteiger partial charge < -0.3 is 10.1 Å². The lowest BCUT2D eigenvalue weighted by Crippen LogP contribution is -2.40. The monoisotopic (exact) mass is 336 g/mol. The number of imide groups is 1. The van der Waals surface area contributed by atoms with Crippen LogP contribution in [0.3, 0.4) is 0 Å². The summed E-state index contributed by atoms with van der Waals surface area (Å²) in [5.41, 5.74) is 0.199. The van der Waals surface area contributed by atoms with Crippen molar-refractivity contribution in [1.29, 1.82) is 0 Å². The highest BCUT2D eigenvalue weighted by Gasteiger charge is 2.37. The van der Waals surface area contributed by atoms with Crippen molar-refractivity contribution in [2.75, 3.05) is 13.7 Å². The van der Waals surface area contributed by atoms with Crippen LogP contribution in [0.2, 0.25) is 5.02 Å². The van der Waals surface area contributed by atoms with Crippen LogP contribution >= 0.6 is 11.6 Å². The summed E-state index contributed by atoms with van der Waals surface area (Å²) >= 11 is 6.13. The number of halogens is 1. The van der Waals surface area contributed by atoms with Crippen LogP contribution < -0.4 is 10.1 Å². The van der Waals surface area contributed by atoms with Gasteiger partial charge in [0.05, 0.1) is 23.6 Å². The van der Waals surface area contributed by atoms with E-state index in [4.69, 9.17) is 16.3 Å². The molecular weight excluding hydrogens is 320 g/mol. The number of carbonyl (C=O) groups is 3. The van der Waals surface area contributed by atoms with Gasteiger partial charge in [-0.1, -0.05) is 17.7 Å². The molecule has 122 valence electrons. The highest BCUT2D eigenvalue weighted by Crippen LogP contribution is 2.32. The first-order valence-corrected chi connectivity index (χ1v) is 7.87. The van der Waals surface area contributed by atoms with Gasteiger partial charge in [0.1, 0.15) is 11.8 Å². The Kier molecular flexibility index (Phi) is 4.26. The number of carbonyl (C=O) groups excluding carboxylic acids is 3. The van der Waals surface area contributed by atoms with Crippen molar-refractivity contribution in [3.63, 3.8) is 0 Å². The molecule has 2 fully saturated rings. The molecule has 2 aliphatic rings. The van der Waals surface area contributed by atoms with Crippen molar-refractivity contribution in [3.05, 3.63) is 28.8 Å². The van der Waals surface area contributed by atoms with Crippen LogP contribution in [0.1, 0.15) is 29.6 Å². The Bertz CT molecular complexity index is 672. The van der Waals surface area contributed by atoms with Gasteiger partial charge in [-0.3, -0.25) is 19.3 Å². The predicted octanol–water partition coefficient (Wildman–Crippen LogP) is 1.62. The largest absolute Gasteiger partial charge is 0.492 e. The number of hydrogen-bond donors (Lipinski definition) is 1. The van der Waals surface area contributed by atoms with Crippen LogP contribution in [-0.4, -0.2) is 42.3 Å². The average molecular weight is 337 g/mol. The normalized spacial score (nSPS) is 20.8. The topological polar surface area (TPSA) is 75.7 Å². The van der Waals surface area contributed by atoms with Crippen LogP contribution in [0.15, 0.2) is 18.2 Å². The summed E-state index contributed by atoms with van der Waals surface area (Å²) < 4.78 is 5.69. The zero-order valence-corrected chi connectivity index (χ0v) is 13.4. The number of amides is 3. The average Bonchev–Trinajstić information content (AvgIpc) is 3.31. The molecule has 3 rings (SSSR count). The Labute approximate surface area is 138 Å². The van der Waals surface area contributed by atoms with Gasteiger partial charge in [0, 0.05) is 7.05 Å². The summed E-state index contributed by atoms with van der Waals surface area (Å²) in [6.45, 7) is 0.546. The summed E-state index contributed by atoms with van der Waals surface area (Å²) in [6.07, 6.45) is 2.23. The minimum atomic E-state index is -0.854. The molecule has 0 spiro atoms. The van der Waals surface area contributed by atoms with E-state index < -0.39 is 17.9 Å². The quantitative estimate of drug-likeness (QED) is 0.829. The van der Waals surface area contributed by atoms with Gasteiger partial charge in [-0.2, -0.15) is 0 Å². The summed E-state index contributed by atoms with van der Waals surface area (Å²) in [7, 11) is 1.40. The number of likely N-dealkylation sites (tertiary alicyclic amines) is 1. The predicted molar refractivity (Wildman–Crippen MR) is 83.3 cm³/mol. The molecule has 1 atom stereocenters. The molecule has 1 aliphatic carbocycles. The molecule has 0 radical (unpaired) electrons. The number of nitrogens with zero attached hydrogens (tertiary/aromatic N) is 1. The van der Waals surface area contributed by atoms with Crippen LogP contribution in [0, 0.1) is 5.92 Å². The molecule has 1 saturated heterocycles. The van der Waals surface area contributed by atoms with Crippen molar-refractivity contribution in [2.24, 2.45) is 5.92 Å². The molecule has 6 nitrogen and oxygen atoms in total. The molecule has 0 unspecified atom stereocenters. The van der Waals surface area contributed by atoms with Gasteiger partial charge in [-0.15, -0.1) is 0 Å². The summed E-state index contributed by atoms with van der Waals surface area (Å²) in [5, 5.41) is 2.83. The lowest BCUT2D eigenvalue weighted by Gasteiger charge is -2.15. The van der Waals surface area contributed by atoms with Crippen molar-refractivity contribution in [3.8, 4) is 5.75 Å². The molecule has 1 heterocycles. The third-order valence-corrected chi connectivity index (χ3v) is 4.38. The van der Waals surface area contributed by atoms with E-state index in [1.165, 1.54) is 7.05 Å². The van der Waals surface area contributed by atoms with Crippen LogP contribution in [-0.2, 0) is 9.59 Å². The van der Waals surface area contributed by atoms with E-state index in [9.17, 15) is 14.4 Å². The smallest absolute Gasteiger partial charge is 0.257 e. The third-order valence-electron chi connectivity index (χ3n) is 4.06. The SMILES string of the molecule is CN1C(=O)C[C@H](NC(=O)c2c(Cl)cccc2OCC2CC2)C1=O. The van der Waals surface area contributed by atoms with Crippen LogP contribution in [0.25, 0.3) is 0 Å². The van der Waals surface area contributed by atoms with Gasteiger partial charge in [0.2, 0.25) is 5.91 Å². The van der Waals surface area contributed by atoms with E-state index >= 15 is 0 Å². The minimum Gasteiger partial charge on any atom is -0.492 e. The summed E-state index contributed by atoms with van der Waals surface area (Å²) in [4.78, 5) is 37.0. The van der Waals surface area contributed by atoms with Gasteiger partial charge in [-0.25, -0.2) is 0 Å². The van der Waals surface area contributed by atoms with Crippen LogP contribution in [0.5, 0.6) is 5.75 Å². The van der Waals surface area contributed by atoms with E-state index in [0.29, 0.717) is 18.3 Å². The number of hydrogen-bond acceptors (Lipinski definition) is 4. The standard InChI is InChI=1S/C16H17ClN2O4/c1-19-13(20)7-11(16(19)22)18-15(21)14-10(17)3-2-4-12(14)23-8-9-5-6-9/h2-4,9,11H,5-8H2,1H3,(H,18,21)/t11-/m0/s1. The van der Waals surface area contributed by atoms with E-state index in [-0.39, 0.29) is 22.9 Å². The molecule has 23 heavy (non-hydrogen) atoms. The fourth-order valence-corrected chi connectivity index (χ4v) is 2.69. The van der Waals surface area contributed by atoms with Gasteiger partial charge in [-0.05, 0) is 30.9 Å². The van der Waals surface area contributed by atoms with Crippen molar-refractivity contribution >= 4 is 29.3 Å². The summed E-state index contributed by atoms with van der Waals surface area (Å²) in [5.74, 6) is -0.317. The molecule has 1 aliphatic heterocycles. The van der Waals surface area contributed by atoms with Gasteiger partial charge >= 0.3 is 0 Å². The number of benzene rings is 1. The Hall–Kier alpha value is -2.08. The van der Waals surface area contributed by atoms with Crippen LogP contribution in [0.4, 0.5) is 0 Å². The van der Waals surface area contributed by atoms with E-state index in [2.05, 4.69) is 5.32 Å². The molecule has 0 bridgehead atoms. The first-order valence-electron chi connectivity index (χ1n) is 7.50. The van der Waals surface area contributed by atoms with Gasteiger partial charge in [0.25, 0.3) is 11.8 Å². The fraction of sp³-hybridized carbons (Fsp3) is 0.438. The number of rotatable bonds is 5. The lowest BCUT2D eigenvalue weighted by molar-refractivity contribution is -0.137. The Morgan fingerprint density at radius 2 is 2.13 bits per heavy atom. The maximum atomic E-state index is 12.5. The zero-order valence-electron chi connectivity index (χ0n) is 12.7. The van der Waals surface area contributed by atoms with Crippen molar-refractivity contribution < 1.29 is 19.1 Å². The van der Waals surface area contributed by atoms with E-state index in [0.717, 1.165) is 17.7 Å². The van der Waals surface area contributed by atoms with E-state index in [1.54, 1.807) is 18.2 Å². The molecule has 0 aromatic heterocycles. The van der Waals surface area contributed by atoms with Gasteiger partial charge in [0.15, 0.2) is 0 Å². The fourth-order valence-electron chi connectivity index (χ4n) is 2.44. The zero-order chi connectivity index (χ0) is 16.6. The highest BCUT2D eigenvalue weighted by atomic mass is 35.5. The second kappa shape index (κ2) is 6.20. The third kappa shape index (κ3) is 3.32. The molecule has 1 aromatic carbocycles. The summed E-state index contributed by atoms with van der Waals surface area (Å²) in [6, 6.07) is 4.12. The molecular formula is C16H17ClN2O4. The second-order valence-electron chi connectivity index (χ2n) is 5.89. The molecule has 3 amide bonds. The first kappa shape index (κ1) is 15.8. The maximum absolute atomic E-state index is 12.5. The van der Waals surface area contributed by atoms with Crippen molar-refractivity contribution in [1.82, 2.24) is 10.2 Å². The second-order valence-corrected chi connectivity index (χ2v) is 6.30. The molecule has 1 N–H and O–H groups in total. The molecule has 7 heteroatoms. The molecule has 1 saturated carbocycles. The number of ether oxygens (including phenoxy) is 1. The lowest BCUT2D eigenvalue weighted by atomic mass is 10.1. The van der Waals surface area contributed by atoms with E-state index in [1.807, 2.05) is 0 Å². The Morgan fingerprint density at radius 3 is 2.74 bits per heavy atom. The highest BCUT2D eigenvalue weighted by molar-refractivity contribution is 6.34. The minimum absolute atomic E-state index is 0.0379. The maximum Gasteiger partial charge on any atom is 0.257 e. The Balaban J connectivity index is 1.75. The number of nitrogens with one attached hydrogen (secondary N) is 1. The first-order chi connectivity index (χ1) is 11.0. The Morgan fingerprint density at radius 1 is 1.39 bits per heavy atom.